The van der Waals surface area contributed by atoms with Crippen LogP contribution in [0.4, 0.5) is 0 Å². The molecule has 6 nitrogen and oxygen atoms in total. The summed E-state index contributed by atoms with van der Waals surface area (Å²) in [6, 6.07) is 12.1. The van der Waals surface area contributed by atoms with Crippen LogP contribution in [0.15, 0.2) is 46.9 Å². The summed E-state index contributed by atoms with van der Waals surface area (Å²) in [5.74, 6) is 0.548. The van der Waals surface area contributed by atoms with Crippen LogP contribution in [0.25, 0.3) is 11.0 Å². The number of ketones is 1. The van der Waals surface area contributed by atoms with E-state index in [2.05, 4.69) is 5.32 Å². The van der Waals surface area contributed by atoms with Crippen molar-refractivity contribution in [2.75, 3.05) is 14.2 Å². The molecule has 6 heteroatoms. The van der Waals surface area contributed by atoms with Crippen LogP contribution in [0.3, 0.4) is 0 Å². The molecule has 0 aliphatic rings. The van der Waals surface area contributed by atoms with Crippen molar-refractivity contribution >= 4 is 22.7 Å². The summed E-state index contributed by atoms with van der Waals surface area (Å²) in [6.45, 7) is 5.51. The number of hydrogen-bond donors (Lipinski definition) is 1. The lowest BCUT2D eigenvalue weighted by Crippen LogP contribution is -2.33. The number of fused-ring (bicyclic) bond motifs is 1. The highest BCUT2D eigenvalue weighted by Crippen LogP contribution is 2.35. The Morgan fingerprint density at radius 2 is 1.55 bits per heavy atom. The first-order chi connectivity index (χ1) is 13.8. The molecular formula is C23H25NO5. The molecule has 0 spiro atoms. The van der Waals surface area contributed by atoms with Gasteiger partial charge in [0, 0.05) is 17.0 Å². The van der Waals surface area contributed by atoms with E-state index in [9.17, 15) is 9.59 Å². The van der Waals surface area contributed by atoms with Crippen molar-refractivity contribution in [2.45, 2.75) is 32.7 Å². The van der Waals surface area contributed by atoms with E-state index in [1.807, 2.05) is 13.8 Å². The third-order valence-electron chi connectivity index (χ3n) is 4.72. The minimum absolute atomic E-state index is 0.0184. The van der Waals surface area contributed by atoms with E-state index >= 15 is 0 Å². The van der Waals surface area contributed by atoms with Crippen molar-refractivity contribution < 1.29 is 23.5 Å². The molecule has 0 saturated heterocycles. The minimum atomic E-state index is -0.631. The second-order valence-electron chi connectivity index (χ2n) is 7.15. The highest BCUT2D eigenvalue weighted by Gasteiger charge is 2.29. The van der Waals surface area contributed by atoms with Crippen LogP contribution in [0.2, 0.25) is 0 Å². The highest BCUT2D eigenvalue weighted by atomic mass is 16.5. The molecule has 2 aromatic carbocycles. The van der Waals surface area contributed by atoms with E-state index in [-0.39, 0.29) is 17.7 Å². The number of carbonyl (C=O) groups excluding carboxylic acids is 2. The third kappa shape index (κ3) is 4.11. The van der Waals surface area contributed by atoms with E-state index < -0.39 is 5.92 Å². The zero-order chi connectivity index (χ0) is 21.1. The van der Waals surface area contributed by atoms with Crippen LogP contribution in [0.1, 0.15) is 48.4 Å². The number of hydrogen-bond acceptors (Lipinski definition) is 5. The fourth-order valence-electron chi connectivity index (χ4n) is 3.18. The smallest absolute Gasteiger partial charge is 0.230 e. The van der Waals surface area contributed by atoms with Gasteiger partial charge in [-0.05, 0) is 63.2 Å². The van der Waals surface area contributed by atoms with Crippen LogP contribution in [-0.2, 0) is 4.79 Å². The van der Waals surface area contributed by atoms with Gasteiger partial charge in [0.2, 0.25) is 5.91 Å². The zero-order valence-electron chi connectivity index (χ0n) is 17.2. The predicted octanol–water partition coefficient (Wildman–Crippen LogP) is 4.31. The van der Waals surface area contributed by atoms with Crippen LogP contribution < -0.4 is 14.8 Å². The van der Waals surface area contributed by atoms with Crippen molar-refractivity contribution in [3.05, 3.63) is 59.4 Å². The lowest BCUT2D eigenvalue weighted by molar-refractivity contribution is -0.123. The number of rotatable bonds is 7. The number of ether oxygens (including phenoxy) is 2. The molecular weight excluding hydrogens is 370 g/mol. The fourth-order valence-corrected chi connectivity index (χ4v) is 3.18. The quantitative estimate of drug-likeness (QED) is 0.603. The summed E-state index contributed by atoms with van der Waals surface area (Å²) in [6.07, 6.45) is 0. The maximum absolute atomic E-state index is 13.4. The van der Waals surface area contributed by atoms with Crippen molar-refractivity contribution in [2.24, 2.45) is 0 Å². The van der Waals surface area contributed by atoms with Gasteiger partial charge in [0.1, 0.15) is 22.8 Å². The molecule has 152 valence electrons. The number of amides is 1. The van der Waals surface area contributed by atoms with Gasteiger partial charge < -0.3 is 19.2 Å². The molecule has 29 heavy (non-hydrogen) atoms. The molecule has 3 aromatic rings. The first-order valence-corrected chi connectivity index (χ1v) is 9.45. The van der Waals surface area contributed by atoms with E-state index in [0.717, 1.165) is 0 Å². The summed E-state index contributed by atoms with van der Waals surface area (Å²) >= 11 is 0. The lowest BCUT2D eigenvalue weighted by atomic mass is 9.95. The van der Waals surface area contributed by atoms with E-state index in [0.29, 0.717) is 39.4 Å². The number of furan rings is 1. The molecule has 1 N–H and O–H groups in total. The Bertz CT molecular complexity index is 1030. The van der Waals surface area contributed by atoms with E-state index in [1.165, 1.54) is 0 Å². The Morgan fingerprint density at radius 1 is 0.931 bits per heavy atom. The van der Waals surface area contributed by atoms with Gasteiger partial charge in [-0.25, -0.2) is 0 Å². The minimum Gasteiger partial charge on any atom is -0.497 e. The molecule has 1 aromatic heterocycles. The first-order valence-electron chi connectivity index (χ1n) is 9.45. The molecule has 1 atom stereocenters. The van der Waals surface area contributed by atoms with Gasteiger partial charge in [-0.2, -0.15) is 0 Å². The fraction of sp³-hybridized carbons (Fsp3) is 0.304. The molecule has 0 radical (unpaired) electrons. The second-order valence-corrected chi connectivity index (χ2v) is 7.15. The highest BCUT2D eigenvalue weighted by molar-refractivity contribution is 6.17. The number of benzene rings is 2. The molecule has 0 aliphatic heterocycles. The van der Waals surface area contributed by atoms with E-state index in [1.54, 1.807) is 63.6 Å². The van der Waals surface area contributed by atoms with Crippen LogP contribution >= 0.6 is 0 Å². The molecule has 1 amide bonds. The van der Waals surface area contributed by atoms with Gasteiger partial charge in [-0.1, -0.05) is 0 Å². The SMILES string of the molecule is COc1ccc(C(=O)c2c(C(C)C(=O)NC(C)C)oc3ccc(OC)cc23)cc1. The van der Waals surface area contributed by atoms with Crippen LogP contribution in [-0.4, -0.2) is 32.0 Å². The standard InChI is InChI=1S/C23H25NO5/c1-13(2)24-23(26)14(3)22-20(18-12-17(28-5)10-11-19(18)29-22)21(25)15-6-8-16(27-4)9-7-15/h6-14H,1-5H3,(H,24,26). The first kappa shape index (κ1) is 20.5. The largest absolute Gasteiger partial charge is 0.497 e. The molecule has 1 unspecified atom stereocenters. The number of nitrogens with one attached hydrogen (secondary N) is 1. The summed E-state index contributed by atoms with van der Waals surface area (Å²) in [4.78, 5) is 26.0. The Morgan fingerprint density at radius 3 is 2.14 bits per heavy atom. The van der Waals surface area contributed by atoms with Crippen molar-refractivity contribution in [3.63, 3.8) is 0 Å². The molecule has 3 rings (SSSR count). The Balaban J connectivity index is 2.15. The average Bonchev–Trinajstić information content (AvgIpc) is 3.10. The summed E-state index contributed by atoms with van der Waals surface area (Å²) in [5, 5.41) is 3.49. The summed E-state index contributed by atoms with van der Waals surface area (Å²) < 4.78 is 16.5. The molecule has 1 heterocycles. The topological polar surface area (TPSA) is 77.8 Å². The van der Waals surface area contributed by atoms with Crippen LogP contribution in [0, 0.1) is 0 Å². The second kappa shape index (κ2) is 8.39. The van der Waals surface area contributed by atoms with Gasteiger partial charge in [0.05, 0.1) is 25.7 Å². The monoisotopic (exact) mass is 395 g/mol. The predicted molar refractivity (Wildman–Crippen MR) is 111 cm³/mol. The van der Waals surface area contributed by atoms with Crippen LogP contribution in [0.5, 0.6) is 11.5 Å². The number of methoxy groups -OCH3 is 2. The maximum atomic E-state index is 13.4. The van der Waals surface area contributed by atoms with Crippen molar-refractivity contribution in [1.82, 2.24) is 5.32 Å². The molecule has 0 bridgehead atoms. The lowest BCUT2D eigenvalue weighted by Gasteiger charge is -2.14. The molecule has 0 saturated carbocycles. The summed E-state index contributed by atoms with van der Waals surface area (Å²) in [7, 11) is 3.13. The van der Waals surface area contributed by atoms with Crippen molar-refractivity contribution in [3.8, 4) is 11.5 Å². The van der Waals surface area contributed by atoms with Gasteiger partial charge in [-0.15, -0.1) is 0 Å². The maximum Gasteiger partial charge on any atom is 0.230 e. The average molecular weight is 395 g/mol. The van der Waals surface area contributed by atoms with Gasteiger partial charge >= 0.3 is 0 Å². The van der Waals surface area contributed by atoms with Crippen molar-refractivity contribution in [1.29, 1.82) is 0 Å². The molecule has 0 aliphatic carbocycles. The number of carbonyl (C=O) groups is 2. The van der Waals surface area contributed by atoms with Gasteiger partial charge in [-0.3, -0.25) is 9.59 Å². The Kier molecular flexibility index (Phi) is 5.92. The Labute approximate surface area is 169 Å². The van der Waals surface area contributed by atoms with Gasteiger partial charge in [0.15, 0.2) is 5.78 Å². The van der Waals surface area contributed by atoms with E-state index in [4.69, 9.17) is 13.9 Å². The zero-order valence-corrected chi connectivity index (χ0v) is 17.2. The van der Waals surface area contributed by atoms with Gasteiger partial charge in [0.25, 0.3) is 0 Å². The Hall–Kier alpha value is -3.28. The third-order valence-corrected chi connectivity index (χ3v) is 4.72. The molecule has 0 fully saturated rings. The normalized spacial score (nSPS) is 12.1. The summed E-state index contributed by atoms with van der Waals surface area (Å²) in [5.41, 5.74) is 1.38.